The first-order valence-corrected chi connectivity index (χ1v) is 12.6. The summed E-state index contributed by atoms with van der Waals surface area (Å²) in [6.07, 6.45) is 1.21. The molecular weight excluding hydrogens is 494 g/mol. The fraction of sp³-hybridized carbons (Fsp3) is 0.391. The average molecular weight is 520 g/mol. The van der Waals surface area contributed by atoms with Crippen molar-refractivity contribution in [2.24, 2.45) is 0 Å². The number of thioether (sulfide) groups is 1. The van der Waals surface area contributed by atoms with E-state index >= 15 is 0 Å². The fourth-order valence-electron chi connectivity index (χ4n) is 3.13. The van der Waals surface area contributed by atoms with Gasteiger partial charge in [-0.25, -0.2) is 4.39 Å². The Morgan fingerprint density at radius 3 is 2.19 bits per heavy atom. The molecule has 0 saturated carbocycles. The number of nitrogens with one attached hydrogen (secondary N) is 1. The first-order valence-electron chi connectivity index (χ1n) is 10.3. The van der Waals surface area contributed by atoms with Crippen LogP contribution >= 0.6 is 46.6 Å². The van der Waals surface area contributed by atoms with E-state index in [1.54, 1.807) is 24.3 Å². The van der Waals surface area contributed by atoms with Gasteiger partial charge in [0.1, 0.15) is 11.9 Å². The molecule has 0 aromatic heterocycles. The van der Waals surface area contributed by atoms with Crippen LogP contribution in [-0.4, -0.2) is 35.1 Å². The predicted molar refractivity (Wildman–Crippen MR) is 132 cm³/mol. The quantitative estimate of drug-likeness (QED) is 0.376. The van der Waals surface area contributed by atoms with Crippen LogP contribution in [0.3, 0.4) is 0 Å². The minimum absolute atomic E-state index is 0.0459. The minimum atomic E-state index is -0.681. The standard InChI is InChI=1S/C23H26Cl3FN2O2S/c1-3-11-28-23(31)21(4-2)29(12-15-17(24)7-5-8-18(15)25)22(30)14-32-13-16-19(26)9-6-10-20(16)27/h5-10,21H,3-4,11-14H2,1-2H3,(H,28,31)/t21-/m0/s1. The van der Waals surface area contributed by atoms with Gasteiger partial charge in [-0.15, -0.1) is 11.8 Å². The topological polar surface area (TPSA) is 49.4 Å². The van der Waals surface area contributed by atoms with Crippen LogP contribution < -0.4 is 5.32 Å². The van der Waals surface area contributed by atoms with Gasteiger partial charge in [-0.1, -0.05) is 60.8 Å². The van der Waals surface area contributed by atoms with Gasteiger partial charge in [0, 0.05) is 45.0 Å². The molecule has 0 spiro atoms. The van der Waals surface area contributed by atoms with E-state index in [1.807, 2.05) is 13.8 Å². The Hall–Kier alpha value is -1.47. The lowest BCUT2D eigenvalue weighted by molar-refractivity contribution is -0.139. The monoisotopic (exact) mass is 518 g/mol. The Morgan fingerprint density at radius 2 is 1.62 bits per heavy atom. The van der Waals surface area contributed by atoms with Crippen molar-refractivity contribution >= 4 is 58.4 Å². The van der Waals surface area contributed by atoms with Crippen LogP contribution in [0.4, 0.5) is 4.39 Å². The second-order valence-corrected chi connectivity index (χ2v) is 9.34. The van der Waals surface area contributed by atoms with Crippen LogP contribution in [0.5, 0.6) is 0 Å². The van der Waals surface area contributed by atoms with E-state index in [0.29, 0.717) is 39.2 Å². The number of benzene rings is 2. The molecule has 0 radical (unpaired) electrons. The van der Waals surface area contributed by atoms with Gasteiger partial charge in [0.15, 0.2) is 0 Å². The molecule has 0 aliphatic rings. The Morgan fingerprint density at radius 1 is 1.03 bits per heavy atom. The lowest BCUT2D eigenvalue weighted by Crippen LogP contribution is -2.49. The summed E-state index contributed by atoms with van der Waals surface area (Å²) in [6.45, 7) is 4.41. The van der Waals surface area contributed by atoms with Gasteiger partial charge in [-0.05, 0) is 37.1 Å². The Labute approximate surface area is 207 Å². The van der Waals surface area contributed by atoms with Crippen molar-refractivity contribution in [2.45, 2.75) is 45.0 Å². The smallest absolute Gasteiger partial charge is 0.242 e. The van der Waals surface area contributed by atoms with Gasteiger partial charge in [0.2, 0.25) is 11.8 Å². The number of nitrogens with zero attached hydrogens (tertiary/aromatic N) is 1. The first-order chi connectivity index (χ1) is 15.3. The molecule has 0 heterocycles. The number of carbonyl (C=O) groups is 2. The SMILES string of the molecule is CCCNC(=O)[C@H](CC)N(Cc1c(Cl)cccc1Cl)C(=O)CSCc1c(F)cccc1Cl. The van der Waals surface area contributed by atoms with E-state index in [2.05, 4.69) is 5.32 Å². The second-order valence-electron chi connectivity index (χ2n) is 7.13. The van der Waals surface area contributed by atoms with Crippen LogP contribution in [0.15, 0.2) is 36.4 Å². The zero-order valence-corrected chi connectivity index (χ0v) is 21.1. The molecule has 0 aliphatic carbocycles. The van der Waals surface area contributed by atoms with E-state index in [9.17, 15) is 14.0 Å². The summed E-state index contributed by atoms with van der Waals surface area (Å²) in [5.41, 5.74) is 0.925. The van der Waals surface area contributed by atoms with E-state index in [-0.39, 0.29) is 29.9 Å². The summed E-state index contributed by atoms with van der Waals surface area (Å²) in [5.74, 6) is -0.631. The molecule has 174 valence electrons. The summed E-state index contributed by atoms with van der Waals surface area (Å²) in [5, 5.41) is 4.02. The molecule has 0 aliphatic heterocycles. The van der Waals surface area contributed by atoms with Gasteiger partial charge in [0.25, 0.3) is 0 Å². The highest BCUT2D eigenvalue weighted by Gasteiger charge is 2.29. The van der Waals surface area contributed by atoms with Crippen LogP contribution in [0.1, 0.15) is 37.8 Å². The maximum absolute atomic E-state index is 14.0. The number of carbonyl (C=O) groups excluding carboxylic acids is 2. The number of hydrogen-bond acceptors (Lipinski definition) is 3. The molecular formula is C23H26Cl3FN2O2S. The molecule has 0 fully saturated rings. The third-order valence-electron chi connectivity index (χ3n) is 4.86. The molecule has 2 rings (SSSR count). The maximum Gasteiger partial charge on any atom is 0.242 e. The van der Waals surface area contributed by atoms with Crippen LogP contribution in [0, 0.1) is 5.82 Å². The molecule has 0 bridgehead atoms. The summed E-state index contributed by atoms with van der Waals surface area (Å²) < 4.78 is 14.0. The molecule has 2 aromatic rings. The maximum atomic E-state index is 14.0. The van der Waals surface area contributed by atoms with Crippen LogP contribution in [0.25, 0.3) is 0 Å². The molecule has 1 N–H and O–H groups in total. The Kier molecular flexibility index (Phi) is 11.1. The highest BCUT2D eigenvalue weighted by atomic mass is 35.5. The number of halogens is 4. The van der Waals surface area contributed by atoms with Gasteiger partial charge >= 0.3 is 0 Å². The van der Waals surface area contributed by atoms with Gasteiger partial charge in [-0.2, -0.15) is 0 Å². The van der Waals surface area contributed by atoms with Gasteiger partial charge in [-0.3, -0.25) is 9.59 Å². The third kappa shape index (κ3) is 7.27. The third-order valence-corrected chi connectivity index (χ3v) is 6.87. The number of hydrogen-bond donors (Lipinski definition) is 1. The first kappa shape index (κ1) is 26.8. The van der Waals surface area contributed by atoms with E-state index in [0.717, 1.165) is 6.42 Å². The van der Waals surface area contributed by atoms with Crippen molar-refractivity contribution in [3.05, 3.63) is 68.4 Å². The van der Waals surface area contributed by atoms with Gasteiger partial charge in [0.05, 0.1) is 5.75 Å². The summed E-state index contributed by atoms with van der Waals surface area (Å²) in [7, 11) is 0. The summed E-state index contributed by atoms with van der Waals surface area (Å²) in [4.78, 5) is 27.5. The molecule has 2 amide bonds. The highest BCUT2D eigenvalue weighted by molar-refractivity contribution is 7.99. The Bertz CT molecular complexity index is 905. The van der Waals surface area contributed by atoms with Crippen molar-refractivity contribution in [3.8, 4) is 0 Å². The molecule has 2 aromatic carbocycles. The number of amides is 2. The van der Waals surface area contributed by atoms with E-state index in [4.69, 9.17) is 34.8 Å². The molecule has 32 heavy (non-hydrogen) atoms. The largest absolute Gasteiger partial charge is 0.354 e. The van der Waals surface area contributed by atoms with Crippen molar-refractivity contribution in [1.29, 1.82) is 0 Å². The highest BCUT2D eigenvalue weighted by Crippen LogP contribution is 2.28. The normalized spacial score (nSPS) is 11.8. The van der Waals surface area contributed by atoms with Crippen molar-refractivity contribution in [3.63, 3.8) is 0 Å². The average Bonchev–Trinajstić information content (AvgIpc) is 2.76. The van der Waals surface area contributed by atoms with Crippen molar-refractivity contribution in [1.82, 2.24) is 10.2 Å². The zero-order valence-electron chi connectivity index (χ0n) is 18.0. The van der Waals surface area contributed by atoms with E-state index < -0.39 is 11.9 Å². The van der Waals surface area contributed by atoms with Crippen LogP contribution in [-0.2, 0) is 21.9 Å². The summed E-state index contributed by atoms with van der Waals surface area (Å²) >= 11 is 20.0. The zero-order chi connectivity index (χ0) is 23.7. The predicted octanol–water partition coefficient (Wildman–Crippen LogP) is 6.35. The number of rotatable bonds is 11. The fourth-order valence-corrected chi connectivity index (χ4v) is 4.90. The van der Waals surface area contributed by atoms with Crippen LogP contribution in [0.2, 0.25) is 15.1 Å². The van der Waals surface area contributed by atoms with Crippen molar-refractivity contribution < 1.29 is 14.0 Å². The molecule has 0 unspecified atom stereocenters. The molecule has 4 nitrogen and oxygen atoms in total. The molecule has 1 atom stereocenters. The molecule has 0 saturated heterocycles. The van der Waals surface area contributed by atoms with Crippen molar-refractivity contribution in [2.75, 3.05) is 12.3 Å². The molecule has 9 heteroatoms. The van der Waals surface area contributed by atoms with E-state index in [1.165, 1.54) is 28.8 Å². The lowest BCUT2D eigenvalue weighted by atomic mass is 10.1. The Balaban J connectivity index is 2.22. The van der Waals surface area contributed by atoms with Gasteiger partial charge < -0.3 is 10.2 Å². The summed E-state index contributed by atoms with van der Waals surface area (Å²) in [6, 6.07) is 8.90. The second kappa shape index (κ2) is 13.3. The lowest BCUT2D eigenvalue weighted by Gasteiger charge is -2.31. The minimum Gasteiger partial charge on any atom is -0.354 e.